The van der Waals surface area contributed by atoms with Crippen molar-refractivity contribution in [3.05, 3.63) is 29.3 Å². The van der Waals surface area contributed by atoms with Gasteiger partial charge in [-0.3, -0.25) is 15.2 Å². The van der Waals surface area contributed by atoms with Crippen molar-refractivity contribution in [1.82, 2.24) is 5.01 Å². The Labute approximate surface area is 96.4 Å². The van der Waals surface area contributed by atoms with Crippen LogP contribution >= 0.6 is 0 Å². The topological polar surface area (TPSA) is 32.3 Å². The van der Waals surface area contributed by atoms with Gasteiger partial charge in [0.2, 0.25) is 5.91 Å². The van der Waals surface area contributed by atoms with Gasteiger partial charge in [0.15, 0.2) is 0 Å². The first-order valence-electron chi connectivity index (χ1n) is 5.82. The number of amides is 1. The summed E-state index contributed by atoms with van der Waals surface area (Å²) in [5.74, 6) is 0.638. The zero-order valence-electron chi connectivity index (χ0n) is 10.1. The van der Waals surface area contributed by atoms with Crippen molar-refractivity contribution in [2.75, 3.05) is 5.43 Å². The molecule has 0 radical (unpaired) electrons. The van der Waals surface area contributed by atoms with E-state index in [2.05, 4.69) is 25.3 Å². The van der Waals surface area contributed by atoms with Crippen LogP contribution in [0.25, 0.3) is 0 Å². The average Bonchev–Trinajstić information content (AvgIpc) is 2.70. The Morgan fingerprint density at radius 3 is 2.88 bits per heavy atom. The molecule has 3 nitrogen and oxygen atoms in total. The van der Waals surface area contributed by atoms with E-state index in [1.807, 2.05) is 19.1 Å². The van der Waals surface area contributed by atoms with E-state index in [1.165, 1.54) is 11.1 Å². The maximum absolute atomic E-state index is 11.6. The zero-order chi connectivity index (χ0) is 11.7. The summed E-state index contributed by atoms with van der Waals surface area (Å²) in [6.07, 6.45) is 0.540. The Morgan fingerprint density at radius 1 is 1.50 bits per heavy atom. The van der Waals surface area contributed by atoms with Crippen LogP contribution in [0.5, 0.6) is 0 Å². The number of hydrogen-bond donors (Lipinski definition) is 1. The molecule has 0 spiro atoms. The van der Waals surface area contributed by atoms with Crippen molar-refractivity contribution < 1.29 is 4.79 Å². The Balaban J connectivity index is 2.30. The highest BCUT2D eigenvalue weighted by atomic mass is 16.2. The molecule has 1 aromatic rings. The maximum Gasteiger partial charge on any atom is 0.240 e. The van der Waals surface area contributed by atoms with Gasteiger partial charge in [-0.05, 0) is 17.5 Å². The Morgan fingerprint density at radius 2 is 2.25 bits per heavy atom. The minimum Gasteiger partial charge on any atom is -0.295 e. The van der Waals surface area contributed by atoms with Crippen molar-refractivity contribution in [2.24, 2.45) is 0 Å². The zero-order valence-corrected chi connectivity index (χ0v) is 10.1. The Bertz CT molecular complexity index is 412. The lowest BCUT2D eigenvalue weighted by Crippen LogP contribution is -2.30. The van der Waals surface area contributed by atoms with Crippen molar-refractivity contribution in [3.63, 3.8) is 0 Å². The number of benzene rings is 1. The Hall–Kier alpha value is -1.51. The van der Waals surface area contributed by atoms with Crippen LogP contribution in [-0.2, 0) is 11.3 Å². The smallest absolute Gasteiger partial charge is 0.240 e. The number of hydrogen-bond acceptors (Lipinski definition) is 2. The lowest BCUT2D eigenvalue weighted by atomic mass is 9.96. The molecule has 1 amide bonds. The second-order valence-corrected chi connectivity index (χ2v) is 4.47. The van der Waals surface area contributed by atoms with E-state index in [4.69, 9.17) is 0 Å². The van der Waals surface area contributed by atoms with Crippen molar-refractivity contribution in [2.45, 2.75) is 39.7 Å². The third kappa shape index (κ3) is 1.77. The predicted octanol–water partition coefficient (Wildman–Crippen LogP) is 2.89. The molecule has 0 saturated heterocycles. The van der Waals surface area contributed by atoms with Gasteiger partial charge in [0, 0.05) is 12.0 Å². The van der Waals surface area contributed by atoms with Gasteiger partial charge in [-0.2, -0.15) is 0 Å². The molecule has 1 aliphatic rings. The number of fused-ring (bicyclic) bond motifs is 1. The lowest BCUT2D eigenvalue weighted by Gasteiger charge is -2.14. The van der Waals surface area contributed by atoms with Crippen molar-refractivity contribution >= 4 is 11.6 Å². The average molecular weight is 218 g/mol. The summed E-state index contributed by atoms with van der Waals surface area (Å²) in [5.41, 5.74) is 6.83. The number of anilines is 1. The molecule has 0 aromatic heterocycles. The van der Waals surface area contributed by atoms with E-state index in [0.717, 1.165) is 5.69 Å². The van der Waals surface area contributed by atoms with Gasteiger partial charge in [-0.15, -0.1) is 0 Å². The molecule has 2 rings (SSSR count). The predicted molar refractivity (Wildman–Crippen MR) is 65.0 cm³/mol. The van der Waals surface area contributed by atoms with Crippen molar-refractivity contribution in [3.8, 4) is 0 Å². The third-order valence-electron chi connectivity index (χ3n) is 3.01. The van der Waals surface area contributed by atoms with Crippen LogP contribution in [0, 0.1) is 0 Å². The molecule has 0 bridgehead atoms. The van der Waals surface area contributed by atoms with Gasteiger partial charge >= 0.3 is 0 Å². The molecule has 0 atom stereocenters. The Kier molecular flexibility index (Phi) is 2.86. The first-order chi connectivity index (χ1) is 7.63. The van der Waals surface area contributed by atoms with E-state index in [0.29, 0.717) is 18.9 Å². The summed E-state index contributed by atoms with van der Waals surface area (Å²) in [5, 5.41) is 1.70. The molecule has 1 N–H and O–H groups in total. The summed E-state index contributed by atoms with van der Waals surface area (Å²) < 4.78 is 0. The molecule has 1 aliphatic heterocycles. The van der Waals surface area contributed by atoms with Crippen LogP contribution in [0.4, 0.5) is 5.69 Å². The largest absolute Gasteiger partial charge is 0.295 e. The SMILES string of the molecule is CCC(=O)N1Cc2c(cccc2C(C)C)N1. The van der Waals surface area contributed by atoms with Crippen LogP contribution in [-0.4, -0.2) is 10.9 Å². The maximum atomic E-state index is 11.6. The quantitative estimate of drug-likeness (QED) is 0.827. The third-order valence-corrected chi connectivity index (χ3v) is 3.01. The van der Waals surface area contributed by atoms with Gasteiger partial charge in [0.05, 0.1) is 12.2 Å². The highest BCUT2D eigenvalue weighted by Crippen LogP contribution is 2.32. The fourth-order valence-electron chi connectivity index (χ4n) is 2.11. The van der Waals surface area contributed by atoms with Gasteiger partial charge in [0.25, 0.3) is 0 Å². The highest BCUT2D eigenvalue weighted by Gasteiger charge is 2.24. The number of nitrogens with one attached hydrogen (secondary N) is 1. The molecule has 86 valence electrons. The molecule has 3 heteroatoms. The summed E-state index contributed by atoms with van der Waals surface area (Å²) in [4.78, 5) is 11.6. The fourth-order valence-corrected chi connectivity index (χ4v) is 2.11. The van der Waals surface area contributed by atoms with Gasteiger partial charge in [-0.25, -0.2) is 0 Å². The highest BCUT2D eigenvalue weighted by molar-refractivity contribution is 5.79. The number of carbonyl (C=O) groups is 1. The van der Waals surface area contributed by atoms with Gasteiger partial charge < -0.3 is 0 Å². The minimum atomic E-state index is 0.144. The molecule has 0 unspecified atom stereocenters. The van der Waals surface area contributed by atoms with E-state index < -0.39 is 0 Å². The van der Waals surface area contributed by atoms with Crippen LogP contribution in [0.15, 0.2) is 18.2 Å². The van der Waals surface area contributed by atoms with Crippen LogP contribution in [0.3, 0.4) is 0 Å². The second-order valence-electron chi connectivity index (χ2n) is 4.47. The molecular weight excluding hydrogens is 200 g/mol. The van der Waals surface area contributed by atoms with Crippen LogP contribution in [0.1, 0.15) is 44.2 Å². The summed E-state index contributed by atoms with van der Waals surface area (Å²) in [6, 6.07) is 6.22. The molecule has 1 heterocycles. The first-order valence-corrected chi connectivity index (χ1v) is 5.82. The first kappa shape index (κ1) is 11.0. The lowest BCUT2D eigenvalue weighted by molar-refractivity contribution is -0.129. The van der Waals surface area contributed by atoms with Gasteiger partial charge in [0.1, 0.15) is 0 Å². The van der Waals surface area contributed by atoms with E-state index in [1.54, 1.807) is 5.01 Å². The molecule has 0 aliphatic carbocycles. The normalized spacial score (nSPS) is 13.9. The van der Waals surface area contributed by atoms with E-state index in [-0.39, 0.29) is 5.91 Å². The second kappa shape index (κ2) is 4.16. The minimum absolute atomic E-state index is 0.144. The summed E-state index contributed by atoms with van der Waals surface area (Å²) in [6.45, 7) is 6.94. The number of rotatable bonds is 2. The molecule has 16 heavy (non-hydrogen) atoms. The van der Waals surface area contributed by atoms with Gasteiger partial charge in [-0.1, -0.05) is 32.9 Å². The van der Waals surface area contributed by atoms with Crippen LogP contribution < -0.4 is 5.43 Å². The van der Waals surface area contributed by atoms with E-state index in [9.17, 15) is 4.79 Å². The molecule has 0 saturated carbocycles. The standard InChI is InChI=1S/C13H18N2O/c1-4-13(16)15-8-11-10(9(2)3)6-5-7-12(11)14-15/h5-7,9,14H,4,8H2,1-3H3. The summed E-state index contributed by atoms with van der Waals surface area (Å²) in [7, 11) is 0. The number of hydrazine groups is 1. The number of carbonyl (C=O) groups excluding carboxylic acids is 1. The summed E-state index contributed by atoms with van der Waals surface area (Å²) >= 11 is 0. The molecular formula is C13H18N2O. The monoisotopic (exact) mass is 218 g/mol. The fraction of sp³-hybridized carbons (Fsp3) is 0.462. The molecule has 0 fully saturated rings. The van der Waals surface area contributed by atoms with E-state index >= 15 is 0 Å². The molecule has 1 aromatic carbocycles. The number of nitrogens with zero attached hydrogens (tertiary/aromatic N) is 1. The van der Waals surface area contributed by atoms with Crippen molar-refractivity contribution in [1.29, 1.82) is 0 Å². The van der Waals surface area contributed by atoms with Crippen LogP contribution in [0.2, 0.25) is 0 Å².